The first-order valence-corrected chi connectivity index (χ1v) is 9.87. The normalized spacial score (nSPS) is 15.8. The van der Waals surface area contributed by atoms with Crippen LogP contribution in [0.1, 0.15) is 44.1 Å². The van der Waals surface area contributed by atoms with Gasteiger partial charge in [-0.1, -0.05) is 25.0 Å². The highest BCUT2D eigenvalue weighted by molar-refractivity contribution is 6.05. The van der Waals surface area contributed by atoms with Crippen LogP contribution in [0, 0.1) is 5.41 Å². The largest absolute Gasteiger partial charge is 0.480 e. The standard InChI is InChI=1S/C20H28N4O6/c21-19(30)22-11-3-4-15(16(26)23-14-7-5-13(12-25)6-8-14)24-17(27)20(18(28)29)9-1-2-10-20/h5-8,15,25H,1-4,9-12H2,(H,23,26)(H,24,27)(H,28,29)(H3,21,22,30)/t15-/m0/s1. The van der Waals surface area contributed by atoms with Crippen LogP contribution < -0.4 is 21.7 Å². The van der Waals surface area contributed by atoms with E-state index in [1.807, 2.05) is 0 Å². The molecule has 1 aromatic rings. The zero-order valence-corrected chi connectivity index (χ0v) is 16.6. The van der Waals surface area contributed by atoms with Crippen LogP contribution in [0.4, 0.5) is 10.5 Å². The Hall–Kier alpha value is -3.14. The number of hydrogen-bond donors (Lipinski definition) is 6. The topological polar surface area (TPSA) is 171 Å². The third-order valence-electron chi connectivity index (χ3n) is 5.30. The van der Waals surface area contributed by atoms with Crippen molar-refractivity contribution in [2.45, 2.75) is 51.2 Å². The molecule has 7 N–H and O–H groups in total. The van der Waals surface area contributed by atoms with E-state index in [0.29, 0.717) is 30.5 Å². The van der Waals surface area contributed by atoms with Crippen molar-refractivity contribution in [3.8, 4) is 0 Å². The quantitative estimate of drug-likeness (QED) is 0.240. The first-order chi connectivity index (χ1) is 14.3. The summed E-state index contributed by atoms with van der Waals surface area (Å²) in [5.41, 5.74) is 4.66. The van der Waals surface area contributed by atoms with E-state index >= 15 is 0 Å². The molecule has 4 amide bonds. The first kappa shape index (κ1) is 23.1. The number of carboxylic acid groups (broad SMARTS) is 1. The Balaban J connectivity index is 2.09. The lowest BCUT2D eigenvalue weighted by Gasteiger charge is -2.26. The van der Waals surface area contributed by atoms with Gasteiger partial charge in [0.15, 0.2) is 0 Å². The number of hydrogen-bond acceptors (Lipinski definition) is 5. The van der Waals surface area contributed by atoms with Crippen molar-refractivity contribution in [3.05, 3.63) is 29.8 Å². The van der Waals surface area contributed by atoms with Crippen LogP contribution in [0.5, 0.6) is 0 Å². The molecule has 10 nitrogen and oxygen atoms in total. The van der Waals surface area contributed by atoms with Gasteiger partial charge in [0.25, 0.3) is 0 Å². The van der Waals surface area contributed by atoms with Crippen molar-refractivity contribution >= 4 is 29.5 Å². The molecule has 1 fully saturated rings. The van der Waals surface area contributed by atoms with Gasteiger partial charge in [-0.05, 0) is 43.4 Å². The van der Waals surface area contributed by atoms with Crippen LogP contribution in [0.15, 0.2) is 24.3 Å². The van der Waals surface area contributed by atoms with Gasteiger partial charge in [-0.25, -0.2) is 4.79 Å². The van der Waals surface area contributed by atoms with Crippen molar-refractivity contribution < 1.29 is 29.4 Å². The van der Waals surface area contributed by atoms with E-state index in [2.05, 4.69) is 16.0 Å². The number of carbonyl (C=O) groups is 4. The van der Waals surface area contributed by atoms with E-state index in [-0.39, 0.29) is 32.4 Å². The second kappa shape index (κ2) is 10.6. The molecule has 30 heavy (non-hydrogen) atoms. The van der Waals surface area contributed by atoms with E-state index < -0.39 is 35.3 Å². The van der Waals surface area contributed by atoms with Crippen LogP contribution in [-0.4, -0.2) is 46.6 Å². The lowest BCUT2D eigenvalue weighted by atomic mass is 9.85. The van der Waals surface area contributed by atoms with Crippen LogP contribution in [0.25, 0.3) is 0 Å². The van der Waals surface area contributed by atoms with Gasteiger partial charge in [0, 0.05) is 12.2 Å². The summed E-state index contributed by atoms with van der Waals surface area (Å²) in [6, 6.07) is 4.86. The third-order valence-corrected chi connectivity index (χ3v) is 5.30. The third kappa shape index (κ3) is 5.93. The van der Waals surface area contributed by atoms with Crippen LogP contribution in [0.3, 0.4) is 0 Å². The molecule has 0 radical (unpaired) electrons. The summed E-state index contributed by atoms with van der Waals surface area (Å²) in [6.07, 6.45) is 2.27. The number of nitrogens with one attached hydrogen (secondary N) is 3. The smallest absolute Gasteiger partial charge is 0.319 e. The fraction of sp³-hybridized carbons (Fsp3) is 0.500. The van der Waals surface area contributed by atoms with Crippen molar-refractivity contribution in [1.82, 2.24) is 10.6 Å². The molecule has 0 aliphatic heterocycles. The summed E-state index contributed by atoms with van der Waals surface area (Å²) in [6.45, 7) is 0.0846. The predicted molar refractivity (Wildman–Crippen MR) is 108 cm³/mol. The van der Waals surface area contributed by atoms with E-state index in [4.69, 9.17) is 10.8 Å². The molecule has 2 rings (SSSR count). The average molecular weight is 420 g/mol. The van der Waals surface area contributed by atoms with Gasteiger partial charge in [-0.2, -0.15) is 0 Å². The number of benzene rings is 1. The van der Waals surface area contributed by atoms with Crippen molar-refractivity contribution in [3.63, 3.8) is 0 Å². The Morgan fingerprint density at radius 1 is 1.10 bits per heavy atom. The molecule has 1 aliphatic carbocycles. The maximum atomic E-state index is 12.8. The molecular weight excluding hydrogens is 392 g/mol. The number of aliphatic carboxylic acids is 1. The van der Waals surface area contributed by atoms with Crippen LogP contribution >= 0.6 is 0 Å². The molecule has 0 aromatic heterocycles. The van der Waals surface area contributed by atoms with E-state index in [1.54, 1.807) is 24.3 Å². The van der Waals surface area contributed by atoms with Crippen molar-refractivity contribution in [2.24, 2.45) is 11.1 Å². The molecule has 0 unspecified atom stereocenters. The molecule has 0 heterocycles. The second-order valence-electron chi connectivity index (χ2n) is 7.40. The number of aliphatic hydroxyl groups excluding tert-OH is 1. The Bertz CT molecular complexity index is 774. The molecule has 1 aromatic carbocycles. The zero-order valence-electron chi connectivity index (χ0n) is 16.6. The molecular formula is C20H28N4O6. The minimum Gasteiger partial charge on any atom is -0.480 e. The summed E-state index contributed by atoms with van der Waals surface area (Å²) in [7, 11) is 0. The number of primary amides is 1. The van der Waals surface area contributed by atoms with Crippen molar-refractivity contribution in [1.29, 1.82) is 0 Å². The van der Waals surface area contributed by atoms with Gasteiger partial charge >= 0.3 is 12.0 Å². The Morgan fingerprint density at radius 3 is 2.27 bits per heavy atom. The average Bonchev–Trinajstić information content (AvgIpc) is 3.22. The van der Waals surface area contributed by atoms with Gasteiger partial charge in [-0.15, -0.1) is 0 Å². The Kier molecular flexibility index (Phi) is 8.16. The molecule has 1 saturated carbocycles. The summed E-state index contributed by atoms with van der Waals surface area (Å²) >= 11 is 0. The lowest BCUT2D eigenvalue weighted by Crippen LogP contribution is -2.52. The summed E-state index contributed by atoms with van der Waals surface area (Å²) < 4.78 is 0. The molecule has 0 saturated heterocycles. The van der Waals surface area contributed by atoms with Crippen LogP contribution in [-0.2, 0) is 21.0 Å². The number of carbonyl (C=O) groups excluding carboxylic acids is 3. The van der Waals surface area contributed by atoms with Gasteiger partial charge in [-0.3, -0.25) is 14.4 Å². The molecule has 1 atom stereocenters. The monoisotopic (exact) mass is 420 g/mol. The number of anilines is 1. The van der Waals surface area contributed by atoms with Gasteiger partial charge in [0.2, 0.25) is 11.8 Å². The fourth-order valence-electron chi connectivity index (χ4n) is 3.52. The number of carboxylic acids is 1. The zero-order chi connectivity index (χ0) is 22.1. The Labute approximate surface area is 174 Å². The highest BCUT2D eigenvalue weighted by Crippen LogP contribution is 2.38. The predicted octanol–water partition coefficient (Wildman–Crippen LogP) is 0.696. The number of aliphatic hydroxyl groups is 1. The number of rotatable bonds is 10. The highest BCUT2D eigenvalue weighted by Gasteiger charge is 2.49. The number of urea groups is 1. The summed E-state index contributed by atoms with van der Waals surface area (Å²) in [5, 5.41) is 26.4. The minimum absolute atomic E-state index is 0.128. The summed E-state index contributed by atoms with van der Waals surface area (Å²) in [5.74, 6) is -2.37. The summed E-state index contributed by atoms with van der Waals surface area (Å²) in [4.78, 5) is 48.2. The molecule has 1 aliphatic rings. The number of amides is 4. The molecule has 10 heteroatoms. The molecule has 0 spiro atoms. The maximum absolute atomic E-state index is 12.8. The van der Waals surface area contributed by atoms with E-state index in [0.717, 1.165) is 0 Å². The number of nitrogens with two attached hydrogens (primary N) is 1. The molecule has 0 bridgehead atoms. The fourth-order valence-corrected chi connectivity index (χ4v) is 3.52. The van der Waals surface area contributed by atoms with Gasteiger partial charge in [0.05, 0.1) is 6.61 Å². The lowest BCUT2D eigenvalue weighted by molar-refractivity contribution is -0.156. The second-order valence-corrected chi connectivity index (χ2v) is 7.40. The maximum Gasteiger partial charge on any atom is 0.319 e. The van der Waals surface area contributed by atoms with E-state index in [9.17, 15) is 24.3 Å². The minimum atomic E-state index is -1.52. The van der Waals surface area contributed by atoms with Crippen molar-refractivity contribution in [2.75, 3.05) is 11.9 Å². The highest BCUT2D eigenvalue weighted by atomic mass is 16.4. The van der Waals surface area contributed by atoms with Crippen LogP contribution in [0.2, 0.25) is 0 Å². The van der Waals surface area contributed by atoms with E-state index in [1.165, 1.54) is 0 Å². The molecule has 164 valence electrons. The Morgan fingerprint density at radius 2 is 1.73 bits per heavy atom. The SMILES string of the molecule is NC(=O)NCCC[C@H](NC(=O)C1(C(=O)O)CCCC1)C(=O)Nc1ccc(CO)cc1. The van der Waals surface area contributed by atoms with Gasteiger partial charge < -0.3 is 31.9 Å². The first-order valence-electron chi connectivity index (χ1n) is 9.87. The van der Waals surface area contributed by atoms with Gasteiger partial charge in [0.1, 0.15) is 11.5 Å².